The third-order valence-electron chi connectivity index (χ3n) is 4.18. The van der Waals surface area contributed by atoms with Gasteiger partial charge in [-0.3, -0.25) is 4.90 Å². The summed E-state index contributed by atoms with van der Waals surface area (Å²) < 4.78 is 0. The summed E-state index contributed by atoms with van der Waals surface area (Å²) in [6.07, 6.45) is 4.94. The Balaban J connectivity index is 1.77. The summed E-state index contributed by atoms with van der Waals surface area (Å²) in [5, 5.41) is 0. The fraction of sp³-hybridized carbons (Fsp3) is 0.438. The van der Waals surface area contributed by atoms with E-state index in [0.717, 1.165) is 12.4 Å². The van der Waals surface area contributed by atoms with Gasteiger partial charge in [0, 0.05) is 37.1 Å². The smallest absolute Gasteiger partial charge is 0.137 e. The lowest BCUT2D eigenvalue weighted by Crippen LogP contribution is -2.33. The number of hydrogen-bond acceptors (Lipinski definition) is 3. The van der Waals surface area contributed by atoms with Gasteiger partial charge < -0.3 is 9.88 Å². The molecule has 0 spiro atoms. The summed E-state index contributed by atoms with van der Waals surface area (Å²) in [5.41, 5.74) is 2.54. The second-order valence-electron chi connectivity index (χ2n) is 5.71. The molecule has 0 bridgehead atoms. The highest BCUT2D eigenvalue weighted by Crippen LogP contribution is 2.23. The Morgan fingerprint density at radius 2 is 2.25 bits per heavy atom. The van der Waals surface area contributed by atoms with Gasteiger partial charge in [0.1, 0.15) is 5.82 Å². The van der Waals surface area contributed by atoms with E-state index >= 15 is 0 Å². The molecule has 0 aliphatic carbocycles. The van der Waals surface area contributed by atoms with Crippen LogP contribution in [0.4, 0.5) is 0 Å². The number of benzene rings is 1. The molecule has 2 heterocycles. The molecule has 0 radical (unpaired) electrons. The number of imidazole rings is 1. The molecule has 20 heavy (non-hydrogen) atoms. The van der Waals surface area contributed by atoms with Crippen molar-refractivity contribution in [2.75, 3.05) is 27.2 Å². The van der Waals surface area contributed by atoms with E-state index in [4.69, 9.17) is 0 Å². The number of H-pyrrole nitrogens is 1. The van der Waals surface area contributed by atoms with Gasteiger partial charge in [-0.2, -0.15) is 0 Å². The standard InChI is InChI=1S/C16H22N4/c1-19-10-7-14(12-19)20(2)11-13-5-3-4-6-15(13)16-17-8-9-18-16/h3-6,8-9,14H,7,10-12H2,1-2H3,(H,17,18)/t14-/m0/s1. The van der Waals surface area contributed by atoms with Crippen molar-refractivity contribution < 1.29 is 0 Å². The number of hydrogen-bond donors (Lipinski definition) is 1. The predicted molar refractivity (Wildman–Crippen MR) is 81.4 cm³/mol. The second kappa shape index (κ2) is 5.77. The quantitative estimate of drug-likeness (QED) is 0.925. The fourth-order valence-corrected chi connectivity index (χ4v) is 2.97. The maximum Gasteiger partial charge on any atom is 0.137 e. The van der Waals surface area contributed by atoms with Crippen molar-refractivity contribution in [1.29, 1.82) is 0 Å². The molecule has 1 N–H and O–H groups in total. The van der Waals surface area contributed by atoms with E-state index in [-0.39, 0.29) is 0 Å². The molecular weight excluding hydrogens is 248 g/mol. The van der Waals surface area contributed by atoms with Gasteiger partial charge in [0.2, 0.25) is 0 Å². The highest BCUT2D eigenvalue weighted by atomic mass is 15.2. The highest BCUT2D eigenvalue weighted by molar-refractivity contribution is 5.59. The summed E-state index contributed by atoms with van der Waals surface area (Å²) in [6.45, 7) is 3.34. The molecule has 1 saturated heterocycles. The molecule has 1 aliphatic rings. The van der Waals surface area contributed by atoms with Gasteiger partial charge in [-0.15, -0.1) is 0 Å². The summed E-state index contributed by atoms with van der Waals surface area (Å²) in [4.78, 5) is 12.5. The minimum Gasteiger partial charge on any atom is -0.345 e. The Kier molecular flexibility index (Phi) is 3.85. The van der Waals surface area contributed by atoms with Gasteiger partial charge >= 0.3 is 0 Å². The first kappa shape index (κ1) is 13.3. The first-order chi connectivity index (χ1) is 9.74. The number of nitrogens with one attached hydrogen (secondary N) is 1. The molecule has 2 aromatic rings. The zero-order chi connectivity index (χ0) is 13.9. The first-order valence-electron chi connectivity index (χ1n) is 7.20. The van der Waals surface area contributed by atoms with Gasteiger partial charge in [0.05, 0.1) is 0 Å². The average molecular weight is 270 g/mol. The summed E-state index contributed by atoms with van der Waals surface area (Å²) in [6, 6.07) is 9.18. The van der Waals surface area contributed by atoms with Crippen molar-refractivity contribution in [1.82, 2.24) is 19.8 Å². The number of aromatic nitrogens is 2. The van der Waals surface area contributed by atoms with Crippen molar-refractivity contribution in [2.24, 2.45) is 0 Å². The Bertz CT molecular complexity index is 549. The molecule has 1 aromatic carbocycles. The lowest BCUT2D eigenvalue weighted by Gasteiger charge is -2.25. The molecule has 1 aromatic heterocycles. The molecule has 3 rings (SSSR count). The average Bonchev–Trinajstić information content (AvgIpc) is 3.10. The third kappa shape index (κ3) is 2.76. The lowest BCUT2D eigenvalue weighted by molar-refractivity contribution is 0.234. The minimum absolute atomic E-state index is 0.657. The maximum atomic E-state index is 4.38. The van der Waals surface area contributed by atoms with Gasteiger partial charge in [0.15, 0.2) is 0 Å². The molecule has 1 atom stereocenters. The Morgan fingerprint density at radius 3 is 2.95 bits per heavy atom. The highest BCUT2D eigenvalue weighted by Gasteiger charge is 2.23. The maximum absolute atomic E-state index is 4.38. The van der Waals surface area contributed by atoms with E-state index < -0.39 is 0 Å². The molecule has 1 aliphatic heterocycles. The van der Waals surface area contributed by atoms with Gasteiger partial charge in [-0.05, 0) is 32.6 Å². The summed E-state index contributed by atoms with van der Waals surface area (Å²) in [5.74, 6) is 0.956. The van der Waals surface area contributed by atoms with Crippen LogP contribution >= 0.6 is 0 Å². The topological polar surface area (TPSA) is 35.2 Å². The van der Waals surface area contributed by atoms with Crippen LogP contribution in [0.15, 0.2) is 36.7 Å². The number of rotatable bonds is 4. The molecule has 0 unspecified atom stereocenters. The van der Waals surface area contributed by atoms with Gasteiger partial charge in [-0.25, -0.2) is 4.98 Å². The minimum atomic E-state index is 0.657. The van der Waals surface area contributed by atoms with E-state index in [0.29, 0.717) is 6.04 Å². The van der Waals surface area contributed by atoms with Gasteiger partial charge in [-0.1, -0.05) is 24.3 Å². The van der Waals surface area contributed by atoms with Crippen LogP contribution in [0.25, 0.3) is 11.4 Å². The number of likely N-dealkylation sites (N-methyl/N-ethyl adjacent to an activating group) is 2. The van der Waals surface area contributed by atoms with Crippen molar-refractivity contribution in [2.45, 2.75) is 19.0 Å². The Morgan fingerprint density at radius 1 is 1.40 bits per heavy atom. The molecule has 106 valence electrons. The number of likely N-dealkylation sites (tertiary alicyclic amines) is 1. The van der Waals surface area contributed by atoms with Crippen LogP contribution in [-0.4, -0.2) is 53.0 Å². The van der Waals surface area contributed by atoms with Crippen molar-refractivity contribution >= 4 is 0 Å². The summed E-state index contributed by atoms with van der Waals surface area (Å²) in [7, 11) is 4.42. The normalized spacial score (nSPS) is 19.9. The predicted octanol–water partition coefficient (Wildman–Crippen LogP) is 2.21. The Hall–Kier alpha value is -1.65. The molecule has 4 nitrogen and oxygen atoms in total. The molecule has 4 heteroatoms. The monoisotopic (exact) mass is 270 g/mol. The lowest BCUT2D eigenvalue weighted by atomic mass is 10.1. The van der Waals surface area contributed by atoms with E-state index in [2.05, 4.69) is 58.1 Å². The van der Waals surface area contributed by atoms with E-state index in [1.54, 1.807) is 0 Å². The second-order valence-corrected chi connectivity index (χ2v) is 5.71. The number of nitrogens with zero attached hydrogens (tertiary/aromatic N) is 3. The Labute approximate surface area is 120 Å². The third-order valence-corrected chi connectivity index (χ3v) is 4.18. The number of aromatic amines is 1. The summed E-state index contributed by atoms with van der Waals surface area (Å²) >= 11 is 0. The van der Waals surface area contributed by atoms with E-state index in [1.807, 2.05) is 12.4 Å². The largest absolute Gasteiger partial charge is 0.345 e. The van der Waals surface area contributed by atoms with Crippen LogP contribution in [-0.2, 0) is 6.54 Å². The molecule has 0 amide bonds. The van der Waals surface area contributed by atoms with Gasteiger partial charge in [0.25, 0.3) is 0 Å². The van der Waals surface area contributed by atoms with Crippen LogP contribution in [0.2, 0.25) is 0 Å². The zero-order valence-corrected chi connectivity index (χ0v) is 12.2. The van der Waals surface area contributed by atoms with E-state index in [9.17, 15) is 0 Å². The molecule has 0 saturated carbocycles. The van der Waals surface area contributed by atoms with Crippen molar-refractivity contribution in [3.8, 4) is 11.4 Å². The first-order valence-corrected chi connectivity index (χ1v) is 7.20. The van der Waals surface area contributed by atoms with Crippen molar-refractivity contribution in [3.05, 3.63) is 42.2 Å². The molecule has 1 fully saturated rings. The molecular formula is C16H22N4. The van der Waals surface area contributed by atoms with Crippen LogP contribution in [0.3, 0.4) is 0 Å². The SMILES string of the molecule is CN1CC[C@H](N(C)Cc2ccccc2-c2ncc[nH]2)C1. The van der Waals surface area contributed by atoms with Crippen LogP contribution in [0.1, 0.15) is 12.0 Å². The van der Waals surface area contributed by atoms with E-state index in [1.165, 1.54) is 30.6 Å². The fourth-order valence-electron chi connectivity index (χ4n) is 2.97. The zero-order valence-electron chi connectivity index (χ0n) is 12.2. The van der Waals surface area contributed by atoms with Crippen LogP contribution in [0, 0.1) is 0 Å². The van der Waals surface area contributed by atoms with Crippen LogP contribution < -0.4 is 0 Å². The van der Waals surface area contributed by atoms with Crippen LogP contribution in [0.5, 0.6) is 0 Å². The van der Waals surface area contributed by atoms with Crippen molar-refractivity contribution in [3.63, 3.8) is 0 Å².